The summed E-state index contributed by atoms with van der Waals surface area (Å²) in [6, 6.07) is 0. The molecule has 0 bridgehead atoms. The molecule has 2 rings (SSSR count). The standard InChI is InChI=1S/C14H23N3O2S/c1-3-19-14(18)13-16-12(10-20-13)9-17(2)8-11-4-6-15-7-5-11/h10-11,15H,3-9H2,1-2H3. The molecule has 2 heterocycles. The van der Waals surface area contributed by atoms with E-state index >= 15 is 0 Å². The number of hydrogen-bond acceptors (Lipinski definition) is 6. The maximum Gasteiger partial charge on any atom is 0.367 e. The topological polar surface area (TPSA) is 54.5 Å². The molecule has 0 radical (unpaired) electrons. The molecule has 0 aliphatic carbocycles. The number of esters is 1. The van der Waals surface area contributed by atoms with E-state index in [9.17, 15) is 4.79 Å². The van der Waals surface area contributed by atoms with Gasteiger partial charge in [-0.1, -0.05) is 0 Å². The highest BCUT2D eigenvalue weighted by Crippen LogP contribution is 2.16. The lowest BCUT2D eigenvalue weighted by atomic mass is 9.98. The second-order valence-corrected chi connectivity index (χ2v) is 6.11. The third-order valence-electron chi connectivity index (χ3n) is 3.46. The number of rotatable bonds is 6. The zero-order chi connectivity index (χ0) is 14.4. The smallest absolute Gasteiger partial charge is 0.367 e. The third-order valence-corrected chi connectivity index (χ3v) is 4.33. The van der Waals surface area contributed by atoms with Crippen LogP contribution in [0.15, 0.2) is 5.38 Å². The SMILES string of the molecule is CCOC(=O)c1nc(CN(C)CC2CCNCC2)cs1. The van der Waals surface area contributed by atoms with Crippen LogP contribution >= 0.6 is 11.3 Å². The number of hydrogen-bond donors (Lipinski definition) is 1. The van der Waals surface area contributed by atoms with Gasteiger partial charge in [0.05, 0.1) is 12.3 Å². The fourth-order valence-electron chi connectivity index (χ4n) is 2.51. The Morgan fingerprint density at radius 2 is 2.30 bits per heavy atom. The highest BCUT2D eigenvalue weighted by molar-refractivity contribution is 7.11. The van der Waals surface area contributed by atoms with Gasteiger partial charge < -0.3 is 15.0 Å². The van der Waals surface area contributed by atoms with Crippen molar-refractivity contribution in [3.63, 3.8) is 0 Å². The van der Waals surface area contributed by atoms with E-state index in [4.69, 9.17) is 4.74 Å². The Hall–Kier alpha value is -0.980. The number of carbonyl (C=O) groups is 1. The predicted molar refractivity (Wildman–Crippen MR) is 80.0 cm³/mol. The Balaban J connectivity index is 1.81. The summed E-state index contributed by atoms with van der Waals surface area (Å²) in [6.07, 6.45) is 2.49. The molecule has 1 aliphatic rings. The van der Waals surface area contributed by atoms with Gasteiger partial charge in [-0.15, -0.1) is 11.3 Å². The summed E-state index contributed by atoms with van der Waals surface area (Å²) >= 11 is 1.36. The lowest BCUT2D eigenvalue weighted by molar-refractivity contribution is 0.0525. The van der Waals surface area contributed by atoms with Crippen LogP contribution in [-0.4, -0.2) is 49.1 Å². The van der Waals surface area contributed by atoms with E-state index < -0.39 is 0 Å². The summed E-state index contributed by atoms with van der Waals surface area (Å²) in [5.74, 6) is 0.453. The monoisotopic (exact) mass is 297 g/mol. The quantitative estimate of drug-likeness (QED) is 0.811. The Kier molecular flexibility index (Phi) is 5.94. The second kappa shape index (κ2) is 7.71. The maximum atomic E-state index is 11.6. The Labute approximate surface area is 124 Å². The molecule has 0 atom stereocenters. The molecule has 1 aromatic heterocycles. The molecule has 0 spiro atoms. The van der Waals surface area contributed by atoms with Crippen molar-refractivity contribution < 1.29 is 9.53 Å². The molecule has 0 amide bonds. The number of ether oxygens (including phenoxy) is 1. The lowest BCUT2D eigenvalue weighted by Gasteiger charge is -2.27. The molecule has 1 fully saturated rings. The molecule has 5 nitrogen and oxygen atoms in total. The summed E-state index contributed by atoms with van der Waals surface area (Å²) in [4.78, 5) is 18.2. The Morgan fingerprint density at radius 3 is 3.00 bits per heavy atom. The largest absolute Gasteiger partial charge is 0.461 e. The Morgan fingerprint density at radius 1 is 1.55 bits per heavy atom. The van der Waals surface area contributed by atoms with Gasteiger partial charge >= 0.3 is 5.97 Å². The van der Waals surface area contributed by atoms with Crippen molar-refractivity contribution in [2.75, 3.05) is 33.3 Å². The molecule has 20 heavy (non-hydrogen) atoms. The van der Waals surface area contributed by atoms with Crippen LogP contribution in [0.2, 0.25) is 0 Å². The van der Waals surface area contributed by atoms with Crippen LogP contribution in [0.3, 0.4) is 0 Å². The van der Waals surface area contributed by atoms with E-state index in [1.165, 1.54) is 24.2 Å². The first-order valence-electron chi connectivity index (χ1n) is 7.19. The number of nitrogens with one attached hydrogen (secondary N) is 1. The number of nitrogens with zero attached hydrogens (tertiary/aromatic N) is 2. The highest BCUT2D eigenvalue weighted by atomic mass is 32.1. The zero-order valence-corrected chi connectivity index (χ0v) is 13.0. The summed E-state index contributed by atoms with van der Waals surface area (Å²) in [6.45, 7) is 6.33. The molecule has 0 aromatic carbocycles. The molecule has 1 aromatic rings. The van der Waals surface area contributed by atoms with Gasteiger partial charge in [-0.05, 0) is 45.8 Å². The van der Waals surface area contributed by atoms with Gasteiger partial charge in [-0.2, -0.15) is 0 Å². The number of carbonyl (C=O) groups excluding carboxylic acids is 1. The minimum Gasteiger partial charge on any atom is -0.461 e. The van der Waals surface area contributed by atoms with E-state index in [2.05, 4.69) is 22.2 Å². The van der Waals surface area contributed by atoms with Crippen molar-refractivity contribution in [3.05, 3.63) is 16.1 Å². The molecule has 1 aliphatic heterocycles. The van der Waals surface area contributed by atoms with Crippen molar-refractivity contribution in [1.82, 2.24) is 15.2 Å². The van der Waals surface area contributed by atoms with Crippen LogP contribution in [-0.2, 0) is 11.3 Å². The number of piperidine rings is 1. The molecule has 112 valence electrons. The fourth-order valence-corrected chi connectivity index (χ4v) is 3.21. The van der Waals surface area contributed by atoms with Crippen molar-refractivity contribution >= 4 is 17.3 Å². The van der Waals surface area contributed by atoms with Crippen LogP contribution in [0.25, 0.3) is 0 Å². The van der Waals surface area contributed by atoms with E-state index in [1.54, 1.807) is 6.92 Å². The molecule has 1 N–H and O–H groups in total. The van der Waals surface area contributed by atoms with Crippen LogP contribution in [0.5, 0.6) is 0 Å². The molecule has 0 unspecified atom stereocenters. The van der Waals surface area contributed by atoms with Gasteiger partial charge in [-0.25, -0.2) is 9.78 Å². The average Bonchev–Trinajstić information content (AvgIpc) is 2.88. The highest BCUT2D eigenvalue weighted by Gasteiger charge is 2.17. The van der Waals surface area contributed by atoms with Gasteiger partial charge in [0.25, 0.3) is 0 Å². The van der Waals surface area contributed by atoms with E-state index in [0.717, 1.165) is 37.8 Å². The van der Waals surface area contributed by atoms with Crippen LogP contribution < -0.4 is 5.32 Å². The zero-order valence-electron chi connectivity index (χ0n) is 12.2. The molecular formula is C14H23N3O2S. The van der Waals surface area contributed by atoms with Gasteiger partial charge in [0.1, 0.15) is 0 Å². The Bertz CT molecular complexity index is 430. The summed E-state index contributed by atoms with van der Waals surface area (Å²) < 4.78 is 4.96. The van der Waals surface area contributed by atoms with Gasteiger partial charge in [-0.3, -0.25) is 0 Å². The van der Waals surface area contributed by atoms with Crippen LogP contribution in [0.4, 0.5) is 0 Å². The number of thiazole rings is 1. The summed E-state index contributed by atoms with van der Waals surface area (Å²) in [7, 11) is 2.12. The minimum atomic E-state index is -0.315. The normalized spacial score (nSPS) is 16.6. The molecule has 0 saturated carbocycles. The van der Waals surface area contributed by atoms with E-state index in [-0.39, 0.29) is 5.97 Å². The molecular weight excluding hydrogens is 274 g/mol. The molecule has 1 saturated heterocycles. The van der Waals surface area contributed by atoms with E-state index in [0.29, 0.717) is 11.6 Å². The second-order valence-electron chi connectivity index (χ2n) is 5.25. The van der Waals surface area contributed by atoms with Crippen molar-refractivity contribution in [2.24, 2.45) is 5.92 Å². The van der Waals surface area contributed by atoms with Gasteiger partial charge in [0, 0.05) is 18.5 Å². The maximum absolute atomic E-state index is 11.6. The van der Waals surface area contributed by atoms with Gasteiger partial charge in [0.15, 0.2) is 0 Å². The minimum absolute atomic E-state index is 0.315. The summed E-state index contributed by atoms with van der Waals surface area (Å²) in [5, 5.41) is 5.79. The van der Waals surface area contributed by atoms with Gasteiger partial charge in [0.2, 0.25) is 5.01 Å². The van der Waals surface area contributed by atoms with Crippen molar-refractivity contribution in [2.45, 2.75) is 26.3 Å². The third kappa shape index (κ3) is 4.54. The van der Waals surface area contributed by atoms with Crippen LogP contribution in [0.1, 0.15) is 35.3 Å². The van der Waals surface area contributed by atoms with E-state index in [1.807, 2.05) is 5.38 Å². The first-order chi connectivity index (χ1) is 9.69. The summed E-state index contributed by atoms with van der Waals surface area (Å²) in [5.41, 5.74) is 0.953. The van der Waals surface area contributed by atoms with Crippen molar-refractivity contribution in [1.29, 1.82) is 0 Å². The number of aromatic nitrogens is 1. The van der Waals surface area contributed by atoms with Crippen molar-refractivity contribution in [3.8, 4) is 0 Å². The fraction of sp³-hybridized carbons (Fsp3) is 0.714. The van der Waals surface area contributed by atoms with Crippen LogP contribution in [0, 0.1) is 5.92 Å². The first-order valence-corrected chi connectivity index (χ1v) is 8.07. The average molecular weight is 297 g/mol. The first kappa shape index (κ1) is 15.4. The lowest BCUT2D eigenvalue weighted by Crippen LogP contribution is -2.34. The predicted octanol–water partition coefficient (Wildman–Crippen LogP) is 1.75. The molecule has 6 heteroatoms.